The molecule has 2 aromatic carbocycles. The molecule has 23 heavy (non-hydrogen) atoms. The van der Waals surface area contributed by atoms with E-state index in [9.17, 15) is 0 Å². The van der Waals surface area contributed by atoms with Gasteiger partial charge in [0, 0.05) is 10.9 Å². The van der Waals surface area contributed by atoms with Crippen LogP contribution in [-0.2, 0) is 0 Å². The predicted octanol–water partition coefficient (Wildman–Crippen LogP) is 4.48. The Balaban J connectivity index is 2.00. The second-order valence-corrected chi connectivity index (χ2v) is 6.13. The lowest BCUT2D eigenvalue weighted by atomic mass is 9.98. The Morgan fingerprint density at radius 3 is 2.43 bits per heavy atom. The summed E-state index contributed by atoms with van der Waals surface area (Å²) in [5.74, 6) is 0.950. The van der Waals surface area contributed by atoms with Crippen molar-refractivity contribution >= 4 is 27.8 Å². The van der Waals surface area contributed by atoms with E-state index >= 15 is 0 Å². The average Bonchev–Trinajstić information content (AvgIpc) is 2.93. The van der Waals surface area contributed by atoms with Crippen LogP contribution in [0.5, 0.6) is 0 Å². The number of benzene rings is 2. The normalized spacial score (nSPS) is 11.6. The molecule has 0 bridgehead atoms. The number of aromatic amines is 1. The first-order valence-corrected chi connectivity index (χ1v) is 7.78. The van der Waals surface area contributed by atoms with E-state index in [1.165, 1.54) is 5.56 Å². The van der Waals surface area contributed by atoms with E-state index in [2.05, 4.69) is 53.3 Å². The van der Waals surface area contributed by atoms with Gasteiger partial charge in [-0.3, -0.25) is 0 Å². The standard InChI is InChI=1S/C19H18N4/c1-11(2)12-7-9-13(10-8-12)16-18-17(22-23-19(16)20)14-5-3-4-6-15(14)21-18/h3-11,21H,1-2H3,(H2,20,23). The number of H-pyrrole nitrogens is 1. The first-order valence-electron chi connectivity index (χ1n) is 7.78. The van der Waals surface area contributed by atoms with Gasteiger partial charge in [0.15, 0.2) is 5.82 Å². The molecule has 0 atom stereocenters. The largest absolute Gasteiger partial charge is 0.382 e. The number of nitrogens with zero attached hydrogens (tertiary/aromatic N) is 2. The molecular formula is C19H18N4. The molecule has 0 aliphatic heterocycles. The molecule has 4 aromatic rings. The summed E-state index contributed by atoms with van der Waals surface area (Å²) < 4.78 is 0. The van der Waals surface area contributed by atoms with Gasteiger partial charge in [-0.15, -0.1) is 10.2 Å². The van der Waals surface area contributed by atoms with Crippen LogP contribution in [0.25, 0.3) is 33.1 Å². The van der Waals surface area contributed by atoms with Gasteiger partial charge in [-0.05, 0) is 23.1 Å². The highest BCUT2D eigenvalue weighted by Crippen LogP contribution is 2.34. The maximum absolute atomic E-state index is 6.14. The van der Waals surface area contributed by atoms with Crippen molar-refractivity contribution < 1.29 is 0 Å². The van der Waals surface area contributed by atoms with E-state index in [4.69, 9.17) is 5.73 Å². The number of hydrogen-bond donors (Lipinski definition) is 2. The van der Waals surface area contributed by atoms with E-state index < -0.39 is 0 Å². The van der Waals surface area contributed by atoms with Crippen LogP contribution < -0.4 is 5.73 Å². The van der Waals surface area contributed by atoms with Gasteiger partial charge in [0.25, 0.3) is 0 Å². The molecule has 2 heterocycles. The first kappa shape index (κ1) is 13.8. The lowest BCUT2D eigenvalue weighted by molar-refractivity contribution is 0.867. The highest BCUT2D eigenvalue weighted by atomic mass is 15.1. The zero-order valence-electron chi connectivity index (χ0n) is 13.2. The molecule has 0 aliphatic carbocycles. The monoisotopic (exact) mass is 302 g/mol. The Morgan fingerprint density at radius 1 is 0.957 bits per heavy atom. The Morgan fingerprint density at radius 2 is 1.70 bits per heavy atom. The highest BCUT2D eigenvalue weighted by molar-refractivity contribution is 6.11. The number of nitrogens with two attached hydrogens (primary N) is 1. The van der Waals surface area contributed by atoms with Gasteiger partial charge < -0.3 is 10.7 Å². The molecule has 0 fully saturated rings. The summed E-state index contributed by atoms with van der Waals surface area (Å²) in [7, 11) is 0. The maximum atomic E-state index is 6.14. The van der Waals surface area contributed by atoms with Crippen molar-refractivity contribution in [3.05, 3.63) is 54.1 Å². The van der Waals surface area contributed by atoms with E-state index in [0.717, 1.165) is 33.1 Å². The van der Waals surface area contributed by atoms with Gasteiger partial charge in [0.1, 0.15) is 5.52 Å². The summed E-state index contributed by atoms with van der Waals surface area (Å²) >= 11 is 0. The number of rotatable bonds is 2. The molecular weight excluding hydrogens is 284 g/mol. The zero-order valence-corrected chi connectivity index (χ0v) is 13.2. The smallest absolute Gasteiger partial charge is 0.156 e. The Bertz CT molecular complexity index is 997. The number of nitrogens with one attached hydrogen (secondary N) is 1. The molecule has 4 rings (SSSR count). The van der Waals surface area contributed by atoms with Crippen LogP contribution in [0.2, 0.25) is 0 Å². The summed E-state index contributed by atoms with van der Waals surface area (Å²) in [4.78, 5) is 3.44. The summed E-state index contributed by atoms with van der Waals surface area (Å²) in [6, 6.07) is 16.6. The molecule has 0 saturated heterocycles. The average molecular weight is 302 g/mol. The van der Waals surface area contributed by atoms with Crippen LogP contribution in [-0.4, -0.2) is 15.2 Å². The van der Waals surface area contributed by atoms with E-state index in [-0.39, 0.29) is 0 Å². The molecule has 0 aliphatic rings. The zero-order chi connectivity index (χ0) is 16.0. The molecule has 0 amide bonds. The van der Waals surface area contributed by atoms with Crippen molar-refractivity contribution in [2.24, 2.45) is 0 Å². The van der Waals surface area contributed by atoms with Crippen LogP contribution in [0.15, 0.2) is 48.5 Å². The highest BCUT2D eigenvalue weighted by Gasteiger charge is 2.15. The number of nitrogen functional groups attached to an aromatic ring is 1. The van der Waals surface area contributed by atoms with Crippen molar-refractivity contribution in [2.45, 2.75) is 19.8 Å². The molecule has 114 valence electrons. The van der Waals surface area contributed by atoms with Gasteiger partial charge >= 0.3 is 0 Å². The van der Waals surface area contributed by atoms with Gasteiger partial charge in [0.05, 0.1) is 11.1 Å². The van der Waals surface area contributed by atoms with Crippen molar-refractivity contribution in [1.29, 1.82) is 0 Å². The predicted molar refractivity (Wildman–Crippen MR) is 95.3 cm³/mol. The number of para-hydroxylation sites is 1. The summed E-state index contributed by atoms with van der Waals surface area (Å²) in [5.41, 5.74) is 12.3. The minimum absolute atomic E-state index is 0.446. The topological polar surface area (TPSA) is 67.6 Å². The molecule has 0 unspecified atom stereocenters. The molecule has 4 heteroatoms. The minimum atomic E-state index is 0.446. The van der Waals surface area contributed by atoms with Crippen LogP contribution in [0.4, 0.5) is 5.82 Å². The fraction of sp³-hybridized carbons (Fsp3) is 0.158. The summed E-state index contributed by atoms with van der Waals surface area (Å²) in [6.07, 6.45) is 0. The Hall–Kier alpha value is -2.88. The van der Waals surface area contributed by atoms with Crippen molar-refractivity contribution in [2.75, 3.05) is 5.73 Å². The fourth-order valence-corrected chi connectivity index (χ4v) is 3.02. The lowest BCUT2D eigenvalue weighted by Gasteiger charge is -2.09. The molecule has 2 aromatic heterocycles. The quantitative estimate of drug-likeness (QED) is 0.573. The Labute approximate surface area is 134 Å². The molecule has 0 radical (unpaired) electrons. The Kier molecular flexibility index (Phi) is 3.05. The summed E-state index contributed by atoms with van der Waals surface area (Å²) in [5, 5.41) is 9.53. The van der Waals surface area contributed by atoms with Gasteiger partial charge in [-0.1, -0.05) is 56.3 Å². The first-order chi connectivity index (χ1) is 11.1. The number of fused-ring (bicyclic) bond motifs is 3. The second-order valence-electron chi connectivity index (χ2n) is 6.13. The molecule has 4 nitrogen and oxygen atoms in total. The SMILES string of the molecule is CC(C)c1ccc(-c2c(N)nnc3c2[nH]c2ccccc23)cc1. The van der Waals surface area contributed by atoms with Gasteiger partial charge in [0.2, 0.25) is 0 Å². The van der Waals surface area contributed by atoms with Crippen LogP contribution >= 0.6 is 0 Å². The fourth-order valence-electron chi connectivity index (χ4n) is 3.02. The van der Waals surface area contributed by atoms with Crippen LogP contribution in [0, 0.1) is 0 Å². The van der Waals surface area contributed by atoms with E-state index in [1.807, 2.05) is 24.3 Å². The molecule has 3 N–H and O–H groups in total. The van der Waals surface area contributed by atoms with Crippen LogP contribution in [0.1, 0.15) is 25.3 Å². The third-order valence-electron chi connectivity index (χ3n) is 4.31. The lowest BCUT2D eigenvalue weighted by Crippen LogP contribution is -1.98. The third-order valence-corrected chi connectivity index (χ3v) is 4.31. The minimum Gasteiger partial charge on any atom is -0.382 e. The van der Waals surface area contributed by atoms with Gasteiger partial charge in [-0.2, -0.15) is 0 Å². The number of aromatic nitrogens is 3. The second kappa shape index (κ2) is 5.09. The molecule has 0 spiro atoms. The van der Waals surface area contributed by atoms with E-state index in [0.29, 0.717) is 11.7 Å². The van der Waals surface area contributed by atoms with Crippen LogP contribution in [0.3, 0.4) is 0 Å². The van der Waals surface area contributed by atoms with Crippen molar-refractivity contribution in [3.8, 4) is 11.1 Å². The number of hydrogen-bond acceptors (Lipinski definition) is 3. The van der Waals surface area contributed by atoms with E-state index in [1.54, 1.807) is 0 Å². The maximum Gasteiger partial charge on any atom is 0.156 e. The van der Waals surface area contributed by atoms with Crippen molar-refractivity contribution in [3.63, 3.8) is 0 Å². The van der Waals surface area contributed by atoms with Gasteiger partial charge in [-0.25, -0.2) is 0 Å². The third kappa shape index (κ3) is 2.14. The number of anilines is 1. The van der Waals surface area contributed by atoms with Crippen molar-refractivity contribution in [1.82, 2.24) is 15.2 Å². The molecule has 0 saturated carbocycles. The summed E-state index contributed by atoms with van der Waals surface area (Å²) in [6.45, 7) is 4.38.